The lowest BCUT2D eigenvalue weighted by Crippen LogP contribution is -2.11. The van der Waals surface area contributed by atoms with Gasteiger partial charge in [-0.05, 0) is 43.7 Å². The molecule has 0 bridgehead atoms. The lowest BCUT2D eigenvalue weighted by atomic mass is 10.1. The van der Waals surface area contributed by atoms with E-state index < -0.39 is 17.6 Å². The number of aromatic nitrogens is 1. The van der Waals surface area contributed by atoms with Gasteiger partial charge in [-0.1, -0.05) is 6.07 Å². The summed E-state index contributed by atoms with van der Waals surface area (Å²) in [5.74, 6) is -0.458. The number of alkyl halides is 3. The third-order valence-electron chi connectivity index (χ3n) is 3.12. The van der Waals surface area contributed by atoms with E-state index in [1.54, 1.807) is 13.0 Å². The van der Waals surface area contributed by atoms with Gasteiger partial charge in [-0.3, -0.25) is 4.98 Å². The number of anilines is 1. The van der Waals surface area contributed by atoms with Crippen molar-refractivity contribution < 1.29 is 17.6 Å². The summed E-state index contributed by atoms with van der Waals surface area (Å²) in [5.41, 5.74) is 0.379. The van der Waals surface area contributed by atoms with E-state index in [1.165, 1.54) is 25.1 Å². The highest BCUT2D eigenvalue weighted by molar-refractivity contribution is 5.50. The first-order chi connectivity index (χ1) is 9.77. The molecule has 1 atom stereocenters. The zero-order valence-electron chi connectivity index (χ0n) is 11.5. The molecule has 6 heteroatoms. The van der Waals surface area contributed by atoms with Gasteiger partial charge in [-0.2, -0.15) is 13.2 Å². The SMILES string of the molecule is Cc1ccc(NC(C)c2ccc(F)cn2)cc1C(F)(F)F. The largest absolute Gasteiger partial charge is 0.416 e. The fourth-order valence-corrected chi connectivity index (χ4v) is 1.98. The molecule has 1 aromatic carbocycles. The molecule has 112 valence electrons. The van der Waals surface area contributed by atoms with Crippen LogP contribution >= 0.6 is 0 Å². The van der Waals surface area contributed by atoms with Crippen molar-refractivity contribution in [1.29, 1.82) is 0 Å². The Bertz CT molecular complexity index is 621. The molecule has 0 spiro atoms. The van der Waals surface area contributed by atoms with Crippen molar-refractivity contribution >= 4 is 5.69 Å². The summed E-state index contributed by atoms with van der Waals surface area (Å²) in [6.07, 6.45) is -3.32. The number of hydrogen-bond acceptors (Lipinski definition) is 2. The average molecular weight is 298 g/mol. The molecule has 0 saturated heterocycles. The molecule has 2 nitrogen and oxygen atoms in total. The number of benzene rings is 1. The van der Waals surface area contributed by atoms with Gasteiger partial charge < -0.3 is 5.32 Å². The van der Waals surface area contributed by atoms with E-state index in [0.29, 0.717) is 11.4 Å². The van der Waals surface area contributed by atoms with Crippen LogP contribution in [0.1, 0.15) is 29.8 Å². The Morgan fingerprint density at radius 3 is 2.43 bits per heavy atom. The second kappa shape index (κ2) is 5.71. The van der Waals surface area contributed by atoms with Gasteiger partial charge in [0.15, 0.2) is 0 Å². The first kappa shape index (κ1) is 15.3. The predicted octanol–water partition coefficient (Wildman–Crippen LogP) is 4.72. The van der Waals surface area contributed by atoms with Gasteiger partial charge in [0.2, 0.25) is 0 Å². The van der Waals surface area contributed by atoms with Crippen molar-refractivity contribution in [2.24, 2.45) is 0 Å². The lowest BCUT2D eigenvalue weighted by molar-refractivity contribution is -0.138. The van der Waals surface area contributed by atoms with Crippen molar-refractivity contribution in [3.05, 3.63) is 59.2 Å². The van der Waals surface area contributed by atoms with Gasteiger partial charge in [0.1, 0.15) is 5.82 Å². The molecule has 1 heterocycles. The van der Waals surface area contributed by atoms with Crippen LogP contribution in [0.5, 0.6) is 0 Å². The van der Waals surface area contributed by atoms with Gasteiger partial charge in [0, 0.05) is 5.69 Å². The van der Waals surface area contributed by atoms with Crippen molar-refractivity contribution in [2.45, 2.75) is 26.1 Å². The predicted molar refractivity (Wildman–Crippen MR) is 72.4 cm³/mol. The molecule has 0 aliphatic rings. The molecule has 0 aliphatic carbocycles. The number of pyridine rings is 1. The zero-order valence-corrected chi connectivity index (χ0v) is 11.5. The number of rotatable bonds is 3. The molecule has 2 rings (SSSR count). The molecule has 1 aromatic heterocycles. The summed E-state index contributed by atoms with van der Waals surface area (Å²) in [5, 5.41) is 2.93. The van der Waals surface area contributed by atoms with E-state index >= 15 is 0 Å². The minimum Gasteiger partial charge on any atom is -0.377 e. The molecule has 1 unspecified atom stereocenters. The van der Waals surface area contributed by atoms with Gasteiger partial charge in [-0.15, -0.1) is 0 Å². The molecule has 1 N–H and O–H groups in total. The zero-order chi connectivity index (χ0) is 15.6. The lowest BCUT2D eigenvalue weighted by Gasteiger charge is -2.17. The van der Waals surface area contributed by atoms with Crippen LogP contribution in [0, 0.1) is 12.7 Å². The summed E-state index contributed by atoms with van der Waals surface area (Å²) >= 11 is 0. The maximum Gasteiger partial charge on any atom is 0.416 e. The molecular formula is C15H14F4N2. The van der Waals surface area contributed by atoms with Crippen LogP contribution in [0.2, 0.25) is 0 Å². The highest BCUT2D eigenvalue weighted by Gasteiger charge is 2.32. The van der Waals surface area contributed by atoms with Crippen LogP contribution in [0.3, 0.4) is 0 Å². The van der Waals surface area contributed by atoms with Crippen LogP contribution in [-0.2, 0) is 6.18 Å². The van der Waals surface area contributed by atoms with Crippen LogP contribution in [0.25, 0.3) is 0 Å². The van der Waals surface area contributed by atoms with Crippen LogP contribution in [0.15, 0.2) is 36.5 Å². The quantitative estimate of drug-likeness (QED) is 0.829. The second-order valence-electron chi connectivity index (χ2n) is 4.79. The van der Waals surface area contributed by atoms with Gasteiger partial charge in [-0.25, -0.2) is 4.39 Å². The fourth-order valence-electron chi connectivity index (χ4n) is 1.98. The van der Waals surface area contributed by atoms with Gasteiger partial charge >= 0.3 is 6.18 Å². The summed E-state index contributed by atoms with van der Waals surface area (Å²) in [6.45, 7) is 3.16. The van der Waals surface area contributed by atoms with E-state index in [4.69, 9.17) is 0 Å². The summed E-state index contributed by atoms with van der Waals surface area (Å²) in [4.78, 5) is 3.90. The Balaban J connectivity index is 2.21. The number of aryl methyl sites for hydroxylation is 1. The molecule has 0 radical (unpaired) electrons. The minimum atomic E-state index is -4.39. The van der Waals surface area contributed by atoms with Crippen molar-refractivity contribution in [2.75, 3.05) is 5.32 Å². The maximum atomic E-state index is 12.9. The third kappa shape index (κ3) is 3.71. The Morgan fingerprint density at radius 2 is 1.86 bits per heavy atom. The fraction of sp³-hybridized carbons (Fsp3) is 0.267. The van der Waals surface area contributed by atoms with Crippen molar-refractivity contribution in [1.82, 2.24) is 4.98 Å². The second-order valence-corrected chi connectivity index (χ2v) is 4.79. The van der Waals surface area contributed by atoms with E-state index in [9.17, 15) is 17.6 Å². The Hall–Kier alpha value is -2.11. The number of nitrogens with zero attached hydrogens (tertiary/aromatic N) is 1. The topological polar surface area (TPSA) is 24.9 Å². The number of nitrogens with one attached hydrogen (secondary N) is 1. The van der Waals surface area contributed by atoms with Gasteiger partial charge in [0.05, 0.1) is 23.5 Å². The highest BCUT2D eigenvalue weighted by Crippen LogP contribution is 2.34. The van der Waals surface area contributed by atoms with Gasteiger partial charge in [0.25, 0.3) is 0 Å². The number of halogens is 4. The molecular weight excluding hydrogens is 284 g/mol. The van der Waals surface area contributed by atoms with Crippen LogP contribution in [0.4, 0.5) is 23.2 Å². The van der Waals surface area contributed by atoms with Crippen molar-refractivity contribution in [3.8, 4) is 0 Å². The van der Waals surface area contributed by atoms with Crippen LogP contribution < -0.4 is 5.32 Å². The Morgan fingerprint density at radius 1 is 1.14 bits per heavy atom. The van der Waals surface area contributed by atoms with Crippen molar-refractivity contribution in [3.63, 3.8) is 0 Å². The molecule has 0 saturated carbocycles. The number of hydrogen-bond donors (Lipinski definition) is 1. The monoisotopic (exact) mass is 298 g/mol. The molecule has 0 aliphatic heterocycles. The first-order valence-corrected chi connectivity index (χ1v) is 6.33. The van der Waals surface area contributed by atoms with E-state index in [1.807, 2.05) is 0 Å². The molecule has 0 fully saturated rings. The van der Waals surface area contributed by atoms with E-state index in [0.717, 1.165) is 12.3 Å². The molecule has 21 heavy (non-hydrogen) atoms. The molecule has 2 aromatic rings. The maximum absolute atomic E-state index is 12.9. The van der Waals surface area contributed by atoms with E-state index in [2.05, 4.69) is 10.3 Å². The summed E-state index contributed by atoms with van der Waals surface area (Å²) in [6, 6.07) is 6.47. The Labute approximate surface area is 119 Å². The minimum absolute atomic E-state index is 0.167. The molecule has 0 amide bonds. The summed E-state index contributed by atoms with van der Waals surface area (Å²) in [7, 11) is 0. The summed E-state index contributed by atoms with van der Waals surface area (Å²) < 4.78 is 51.4. The van der Waals surface area contributed by atoms with E-state index in [-0.39, 0.29) is 11.6 Å². The normalized spacial score (nSPS) is 13.0. The average Bonchev–Trinajstić information content (AvgIpc) is 2.40. The first-order valence-electron chi connectivity index (χ1n) is 6.33. The Kier molecular flexibility index (Phi) is 4.16. The highest BCUT2D eigenvalue weighted by atomic mass is 19.4. The van der Waals surface area contributed by atoms with Crippen LogP contribution in [-0.4, -0.2) is 4.98 Å². The smallest absolute Gasteiger partial charge is 0.377 e. The third-order valence-corrected chi connectivity index (χ3v) is 3.12. The standard InChI is InChI=1S/C15H14F4N2/c1-9-3-5-12(7-13(9)15(17,18)19)21-10(2)14-6-4-11(16)8-20-14/h3-8,10,21H,1-2H3.